The van der Waals surface area contributed by atoms with Gasteiger partial charge in [0.25, 0.3) is 0 Å². The molecule has 3 N–H and O–H groups in total. The highest BCUT2D eigenvalue weighted by atomic mass is 32.2. The number of hydrogen-bond donors (Lipinski definition) is 3. The van der Waals surface area contributed by atoms with E-state index in [4.69, 9.17) is 0 Å². The Morgan fingerprint density at radius 1 is 1.50 bits per heavy atom. The third-order valence-corrected chi connectivity index (χ3v) is 3.69. The summed E-state index contributed by atoms with van der Waals surface area (Å²) >= 11 is 1.28. The lowest BCUT2D eigenvalue weighted by molar-refractivity contribution is 0.201. The largest absolute Gasteiger partial charge is 0.391 e. The second-order valence-corrected chi connectivity index (χ2v) is 4.79. The van der Waals surface area contributed by atoms with Gasteiger partial charge in [0.2, 0.25) is 0 Å². The fourth-order valence-corrected chi connectivity index (χ4v) is 2.53. The normalized spacial score (nSPS) is 24.9. The van der Waals surface area contributed by atoms with Crippen molar-refractivity contribution in [1.82, 2.24) is 20.1 Å². The topological polar surface area (TPSA) is 100 Å². The minimum absolute atomic E-state index is 0.0518. The number of nitrogens with zero attached hydrogens (tertiary/aromatic N) is 2. The number of β-amino-alcohol motifs (C(OH)–C–C–N with tert-alkyl or cyclic N) is 1. The first-order valence-electron chi connectivity index (χ1n) is 4.80. The van der Waals surface area contributed by atoms with E-state index < -0.39 is 17.2 Å². The van der Waals surface area contributed by atoms with Crippen molar-refractivity contribution in [2.75, 3.05) is 13.1 Å². The maximum atomic E-state index is 11.1. The predicted molar refractivity (Wildman–Crippen MR) is 58.6 cm³/mol. The van der Waals surface area contributed by atoms with Crippen LogP contribution in [0, 0.1) is 0 Å². The minimum atomic E-state index is -0.805. The molecule has 2 rings (SSSR count). The second-order valence-electron chi connectivity index (χ2n) is 3.58. The van der Waals surface area contributed by atoms with Crippen LogP contribution < -0.4 is 16.4 Å². The number of rotatable bonds is 2. The van der Waals surface area contributed by atoms with Crippen LogP contribution in [-0.2, 0) is 7.05 Å². The quantitative estimate of drug-likeness (QED) is 0.515. The van der Waals surface area contributed by atoms with E-state index in [-0.39, 0.29) is 5.25 Å². The lowest BCUT2D eigenvalue weighted by atomic mass is 10.3. The second kappa shape index (κ2) is 4.40. The number of aliphatic hydroxyl groups excluding tert-OH is 1. The zero-order chi connectivity index (χ0) is 11.7. The monoisotopic (exact) mass is 244 g/mol. The number of nitrogens with one attached hydrogen (secondary N) is 2. The number of aliphatic hydroxyl groups is 1. The van der Waals surface area contributed by atoms with Crippen LogP contribution in [0.2, 0.25) is 0 Å². The van der Waals surface area contributed by atoms with Crippen molar-refractivity contribution in [3.05, 3.63) is 20.7 Å². The van der Waals surface area contributed by atoms with Gasteiger partial charge in [-0.1, -0.05) is 11.8 Å². The fourth-order valence-electron chi connectivity index (χ4n) is 1.46. The number of hydrogen-bond acceptors (Lipinski definition) is 6. The number of aryl methyl sites for hydroxylation is 1. The first kappa shape index (κ1) is 11.4. The van der Waals surface area contributed by atoms with Crippen LogP contribution in [-0.4, -0.2) is 44.3 Å². The van der Waals surface area contributed by atoms with Crippen molar-refractivity contribution in [3.63, 3.8) is 0 Å². The van der Waals surface area contributed by atoms with Crippen LogP contribution in [0.5, 0.6) is 0 Å². The highest BCUT2D eigenvalue weighted by Gasteiger charge is 2.27. The van der Waals surface area contributed by atoms with E-state index in [1.165, 1.54) is 16.4 Å². The highest BCUT2D eigenvalue weighted by molar-refractivity contribution is 7.99. The summed E-state index contributed by atoms with van der Waals surface area (Å²) in [5.74, 6) is 0. The smallest absolute Gasteiger partial charge is 0.339 e. The van der Waals surface area contributed by atoms with Gasteiger partial charge in [-0.15, -0.1) is 0 Å². The molecule has 2 heterocycles. The summed E-state index contributed by atoms with van der Waals surface area (Å²) in [5.41, 5.74) is -1.54. The molecule has 0 amide bonds. The molecule has 2 atom stereocenters. The molecule has 1 saturated heterocycles. The van der Waals surface area contributed by atoms with Crippen LogP contribution in [0.3, 0.4) is 0 Å². The van der Waals surface area contributed by atoms with Crippen molar-refractivity contribution < 1.29 is 5.11 Å². The molecule has 1 aromatic heterocycles. The Kier molecular flexibility index (Phi) is 3.13. The standard InChI is InChI=1S/C8H12N4O3S/c1-12-8(10-6(14)7(15)11-12)16-5-3-9-2-4(5)13/h4-5,9,13H,2-3H2,1H3,(H,11,15). The zero-order valence-corrected chi connectivity index (χ0v) is 9.45. The summed E-state index contributed by atoms with van der Waals surface area (Å²) in [6.07, 6.45) is -0.464. The molecule has 8 heteroatoms. The van der Waals surface area contributed by atoms with Crippen molar-refractivity contribution in [3.8, 4) is 0 Å². The van der Waals surface area contributed by atoms with Gasteiger partial charge in [-0.25, -0.2) is 0 Å². The third kappa shape index (κ3) is 2.18. The maximum Gasteiger partial charge on any atom is 0.339 e. The Hall–Kier alpha value is -1.12. The van der Waals surface area contributed by atoms with Crippen LogP contribution in [0.1, 0.15) is 0 Å². The van der Waals surface area contributed by atoms with E-state index in [1.54, 1.807) is 7.05 Å². The average molecular weight is 244 g/mol. The molecule has 1 aliphatic heterocycles. The van der Waals surface area contributed by atoms with Crippen molar-refractivity contribution in [1.29, 1.82) is 0 Å². The highest BCUT2D eigenvalue weighted by Crippen LogP contribution is 2.23. The lowest BCUT2D eigenvalue weighted by Crippen LogP contribution is -2.34. The van der Waals surface area contributed by atoms with E-state index in [0.29, 0.717) is 18.2 Å². The van der Waals surface area contributed by atoms with Crippen LogP contribution in [0.25, 0.3) is 0 Å². The van der Waals surface area contributed by atoms with E-state index in [9.17, 15) is 14.7 Å². The van der Waals surface area contributed by atoms with Crippen LogP contribution in [0.4, 0.5) is 0 Å². The number of aromatic nitrogens is 3. The maximum absolute atomic E-state index is 11.1. The molecule has 88 valence electrons. The van der Waals surface area contributed by atoms with Crippen molar-refractivity contribution in [2.24, 2.45) is 7.05 Å². The van der Waals surface area contributed by atoms with E-state index >= 15 is 0 Å². The average Bonchev–Trinajstić information content (AvgIpc) is 2.61. The first-order valence-corrected chi connectivity index (χ1v) is 5.68. The Balaban J connectivity index is 2.24. The third-order valence-electron chi connectivity index (χ3n) is 2.33. The molecule has 7 nitrogen and oxygen atoms in total. The summed E-state index contributed by atoms with van der Waals surface area (Å²) in [7, 11) is 1.60. The van der Waals surface area contributed by atoms with E-state index in [0.717, 1.165) is 0 Å². The summed E-state index contributed by atoms with van der Waals surface area (Å²) in [4.78, 5) is 25.7. The molecule has 0 aliphatic carbocycles. The van der Waals surface area contributed by atoms with Crippen LogP contribution in [0.15, 0.2) is 14.7 Å². The van der Waals surface area contributed by atoms with Gasteiger partial charge in [0.1, 0.15) is 0 Å². The molecule has 1 aromatic rings. The van der Waals surface area contributed by atoms with E-state index in [2.05, 4.69) is 15.4 Å². The summed E-state index contributed by atoms with van der Waals surface area (Å²) < 4.78 is 1.39. The van der Waals surface area contributed by atoms with Gasteiger partial charge in [-0.3, -0.25) is 19.4 Å². The van der Waals surface area contributed by atoms with Gasteiger partial charge in [0, 0.05) is 20.1 Å². The summed E-state index contributed by atoms with van der Waals surface area (Å²) in [6, 6.07) is 0. The van der Waals surface area contributed by atoms with Gasteiger partial charge < -0.3 is 10.4 Å². The Morgan fingerprint density at radius 3 is 2.88 bits per heavy atom. The van der Waals surface area contributed by atoms with Gasteiger partial charge in [-0.2, -0.15) is 4.98 Å². The predicted octanol–water partition coefficient (Wildman–Crippen LogP) is -2.11. The number of thioether (sulfide) groups is 1. The minimum Gasteiger partial charge on any atom is -0.391 e. The molecular weight excluding hydrogens is 232 g/mol. The molecule has 0 radical (unpaired) electrons. The van der Waals surface area contributed by atoms with Gasteiger partial charge in [0.05, 0.1) is 11.4 Å². The van der Waals surface area contributed by atoms with Crippen molar-refractivity contribution in [2.45, 2.75) is 16.5 Å². The molecule has 1 fully saturated rings. The molecule has 0 saturated carbocycles. The van der Waals surface area contributed by atoms with E-state index in [1.807, 2.05) is 0 Å². The molecule has 0 spiro atoms. The molecule has 0 bridgehead atoms. The lowest BCUT2D eigenvalue weighted by Gasteiger charge is -2.13. The van der Waals surface area contributed by atoms with Crippen molar-refractivity contribution >= 4 is 11.8 Å². The molecule has 0 aromatic carbocycles. The SMILES string of the molecule is Cn1[nH]c(=O)c(=O)nc1SC1CNCC1O. The zero-order valence-electron chi connectivity index (χ0n) is 8.64. The summed E-state index contributed by atoms with van der Waals surface area (Å²) in [5, 5.41) is 15.3. The Morgan fingerprint density at radius 2 is 2.25 bits per heavy atom. The Labute approximate surface area is 94.9 Å². The van der Waals surface area contributed by atoms with Gasteiger partial charge >= 0.3 is 11.1 Å². The molecule has 1 aliphatic rings. The molecule has 16 heavy (non-hydrogen) atoms. The fraction of sp³-hybridized carbons (Fsp3) is 0.625. The van der Waals surface area contributed by atoms with Gasteiger partial charge in [0.15, 0.2) is 5.16 Å². The Bertz CT molecular complexity index is 497. The first-order chi connectivity index (χ1) is 7.58. The van der Waals surface area contributed by atoms with Gasteiger partial charge in [-0.05, 0) is 0 Å². The molecule has 2 unspecified atom stereocenters. The molecular formula is C8H12N4O3S. The van der Waals surface area contributed by atoms with Crippen LogP contribution >= 0.6 is 11.8 Å². The summed E-state index contributed by atoms with van der Waals surface area (Å²) in [6.45, 7) is 1.19. The number of aromatic amines is 1. The number of H-pyrrole nitrogens is 1.